The van der Waals surface area contributed by atoms with Crippen molar-refractivity contribution in [2.45, 2.75) is 13.3 Å². The quantitative estimate of drug-likeness (QED) is 0.685. The largest absolute Gasteiger partial charge is 0.469 e. The highest BCUT2D eigenvalue weighted by molar-refractivity contribution is 5.75. The third kappa shape index (κ3) is 3.05. The molecule has 0 aromatic heterocycles. The molecule has 1 aromatic rings. The molecule has 0 heterocycles. The van der Waals surface area contributed by atoms with E-state index in [-0.39, 0.29) is 5.97 Å². The van der Waals surface area contributed by atoms with Crippen molar-refractivity contribution in [2.75, 3.05) is 7.11 Å². The van der Waals surface area contributed by atoms with Gasteiger partial charge in [0.25, 0.3) is 0 Å². The second-order valence-electron chi connectivity index (χ2n) is 3.03. The lowest BCUT2D eigenvalue weighted by Crippen LogP contribution is -1.97. The van der Waals surface area contributed by atoms with Gasteiger partial charge in [0, 0.05) is 0 Å². The maximum Gasteiger partial charge on any atom is 0.309 e. The van der Waals surface area contributed by atoms with Crippen molar-refractivity contribution in [3.05, 3.63) is 42.0 Å². The fraction of sp³-hybridized carbons (Fsp3) is 0.250. The molecule has 2 heteroatoms. The van der Waals surface area contributed by atoms with Gasteiger partial charge in [-0.3, -0.25) is 4.79 Å². The Morgan fingerprint density at radius 1 is 1.36 bits per heavy atom. The molecule has 0 N–H and O–H groups in total. The van der Waals surface area contributed by atoms with Crippen LogP contribution in [0.4, 0.5) is 0 Å². The first-order valence-corrected chi connectivity index (χ1v) is 4.53. The molecule has 0 aliphatic carbocycles. The van der Waals surface area contributed by atoms with Crippen LogP contribution in [0.15, 0.2) is 36.4 Å². The van der Waals surface area contributed by atoms with Crippen LogP contribution in [0, 0.1) is 0 Å². The molecule has 2 nitrogen and oxygen atoms in total. The van der Waals surface area contributed by atoms with E-state index in [1.807, 2.05) is 43.3 Å². The minimum Gasteiger partial charge on any atom is -0.469 e. The van der Waals surface area contributed by atoms with E-state index in [2.05, 4.69) is 4.74 Å². The lowest BCUT2D eigenvalue weighted by Gasteiger charge is -2.00. The molecule has 0 aliphatic rings. The molecule has 0 fully saturated rings. The second-order valence-corrected chi connectivity index (χ2v) is 3.03. The first kappa shape index (κ1) is 10.5. The molecule has 74 valence electrons. The van der Waals surface area contributed by atoms with Crippen molar-refractivity contribution >= 4 is 11.5 Å². The van der Waals surface area contributed by atoms with Crippen LogP contribution < -0.4 is 0 Å². The first-order chi connectivity index (χ1) is 6.74. The highest BCUT2D eigenvalue weighted by Crippen LogP contribution is 2.13. The van der Waals surface area contributed by atoms with Crippen molar-refractivity contribution in [1.29, 1.82) is 0 Å². The second kappa shape index (κ2) is 5.22. The van der Waals surface area contributed by atoms with Crippen LogP contribution in [0.2, 0.25) is 0 Å². The van der Waals surface area contributed by atoms with E-state index in [0.29, 0.717) is 6.42 Å². The zero-order valence-electron chi connectivity index (χ0n) is 8.49. The first-order valence-electron chi connectivity index (χ1n) is 4.53. The molecule has 0 aliphatic heterocycles. The van der Waals surface area contributed by atoms with E-state index in [9.17, 15) is 4.79 Å². The number of benzene rings is 1. The number of hydrogen-bond donors (Lipinski definition) is 0. The highest BCUT2D eigenvalue weighted by atomic mass is 16.5. The van der Waals surface area contributed by atoms with Crippen LogP contribution in [0.5, 0.6) is 0 Å². The summed E-state index contributed by atoms with van der Waals surface area (Å²) in [7, 11) is 1.40. The normalized spacial score (nSPS) is 11.1. The number of allylic oxidation sites excluding steroid dienone is 1. The van der Waals surface area contributed by atoms with Gasteiger partial charge in [0.1, 0.15) is 0 Å². The van der Waals surface area contributed by atoms with E-state index in [1.54, 1.807) is 0 Å². The minimum absolute atomic E-state index is 0.208. The molecule has 14 heavy (non-hydrogen) atoms. The Morgan fingerprint density at radius 2 is 2.00 bits per heavy atom. The fourth-order valence-electron chi connectivity index (χ4n) is 1.14. The smallest absolute Gasteiger partial charge is 0.309 e. The molecule has 0 amide bonds. The van der Waals surface area contributed by atoms with Gasteiger partial charge >= 0.3 is 5.97 Å². The van der Waals surface area contributed by atoms with Crippen molar-refractivity contribution in [3.63, 3.8) is 0 Å². The third-order valence-corrected chi connectivity index (χ3v) is 2.03. The Kier molecular flexibility index (Phi) is 3.92. The maximum atomic E-state index is 10.9. The molecule has 0 bridgehead atoms. The van der Waals surface area contributed by atoms with E-state index >= 15 is 0 Å². The van der Waals surface area contributed by atoms with Crippen molar-refractivity contribution in [1.82, 2.24) is 0 Å². The zero-order valence-corrected chi connectivity index (χ0v) is 8.49. The summed E-state index contributed by atoms with van der Waals surface area (Å²) in [6.45, 7) is 1.98. The molecular formula is C12H14O2. The van der Waals surface area contributed by atoms with Crippen molar-refractivity contribution in [3.8, 4) is 0 Å². The lowest BCUT2D eigenvalue weighted by molar-refractivity contribution is -0.139. The van der Waals surface area contributed by atoms with Gasteiger partial charge in [0.15, 0.2) is 0 Å². The Bertz CT molecular complexity index is 325. The summed E-state index contributed by atoms with van der Waals surface area (Å²) in [4.78, 5) is 10.9. The number of esters is 1. The van der Waals surface area contributed by atoms with E-state index < -0.39 is 0 Å². The van der Waals surface area contributed by atoms with E-state index in [1.165, 1.54) is 7.11 Å². The van der Waals surface area contributed by atoms with Gasteiger partial charge in [0.05, 0.1) is 13.5 Å². The number of carbonyl (C=O) groups is 1. The predicted molar refractivity (Wildman–Crippen MR) is 56.7 cm³/mol. The maximum absolute atomic E-state index is 10.9. The van der Waals surface area contributed by atoms with Crippen LogP contribution in [-0.4, -0.2) is 13.1 Å². The Morgan fingerprint density at radius 3 is 2.57 bits per heavy atom. The number of rotatable bonds is 3. The monoisotopic (exact) mass is 190 g/mol. The molecule has 0 saturated heterocycles. The standard InChI is InChI=1S/C12H14O2/c1-10(8-9-12(13)14-2)11-6-4-3-5-7-11/h3-8H,9H2,1-2H3. The molecule has 1 aromatic carbocycles. The van der Waals surface area contributed by atoms with E-state index in [4.69, 9.17) is 0 Å². The topological polar surface area (TPSA) is 26.3 Å². The summed E-state index contributed by atoms with van der Waals surface area (Å²) in [6, 6.07) is 9.96. The minimum atomic E-state index is -0.208. The molecule has 0 atom stereocenters. The van der Waals surface area contributed by atoms with E-state index in [0.717, 1.165) is 11.1 Å². The van der Waals surface area contributed by atoms with Crippen LogP contribution in [0.25, 0.3) is 5.57 Å². The molecule has 0 saturated carbocycles. The Labute approximate surface area is 84.2 Å². The van der Waals surface area contributed by atoms with Crippen LogP contribution in [-0.2, 0) is 9.53 Å². The summed E-state index contributed by atoms with van der Waals surface area (Å²) in [5, 5.41) is 0. The number of methoxy groups -OCH3 is 1. The Hall–Kier alpha value is -1.57. The number of hydrogen-bond acceptors (Lipinski definition) is 2. The highest BCUT2D eigenvalue weighted by Gasteiger charge is 1.98. The SMILES string of the molecule is COC(=O)CC=C(C)c1ccccc1. The van der Waals surface area contributed by atoms with Gasteiger partial charge in [-0.25, -0.2) is 0 Å². The zero-order chi connectivity index (χ0) is 10.4. The van der Waals surface area contributed by atoms with Crippen LogP contribution in [0.1, 0.15) is 18.9 Å². The number of carbonyl (C=O) groups excluding carboxylic acids is 1. The summed E-state index contributed by atoms with van der Waals surface area (Å²) in [5.74, 6) is -0.208. The van der Waals surface area contributed by atoms with Gasteiger partial charge < -0.3 is 4.74 Å². The molecule has 1 rings (SSSR count). The fourth-order valence-corrected chi connectivity index (χ4v) is 1.14. The number of ether oxygens (including phenoxy) is 1. The lowest BCUT2D eigenvalue weighted by atomic mass is 10.1. The van der Waals surface area contributed by atoms with Crippen LogP contribution in [0.3, 0.4) is 0 Å². The summed E-state index contributed by atoms with van der Waals surface area (Å²) in [5.41, 5.74) is 2.23. The predicted octanol–water partition coefficient (Wildman–Crippen LogP) is 2.65. The van der Waals surface area contributed by atoms with Gasteiger partial charge in [-0.05, 0) is 18.1 Å². The molecule has 0 spiro atoms. The summed E-state index contributed by atoms with van der Waals surface area (Å²) in [6.07, 6.45) is 2.21. The van der Waals surface area contributed by atoms with Gasteiger partial charge in [-0.15, -0.1) is 0 Å². The average molecular weight is 190 g/mol. The van der Waals surface area contributed by atoms with Crippen molar-refractivity contribution < 1.29 is 9.53 Å². The summed E-state index contributed by atoms with van der Waals surface area (Å²) < 4.78 is 4.55. The Balaban J connectivity index is 2.66. The molecular weight excluding hydrogens is 176 g/mol. The third-order valence-electron chi connectivity index (χ3n) is 2.03. The van der Waals surface area contributed by atoms with Gasteiger partial charge in [0.2, 0.25) is 0 Å². The van der Waals surface area contributed by atoms with Crippen LogP contribution >= 0.6 is 0 Å². The average Bonchev–Trinajstić information content (AvgIpc) is 2.26. The molecule has 0 radical (unpaired) electrons. The summed E-state index contributed by atoms with van der Waals surface area (Å²) >= 11 is 0. The van der Waals surface area contributed by atoms with Gasteiger partial charge in [-0.2, -0.15) is 0 Å². The molecule has 0 unspecified atom stereocenters. The van der Waals surface area contributed by atoms with Gasteiger partial charge in [-0.1, -0.05) is 36.4 Å². The van der Waals surface area contributed by atoms with Crippen molar-refractivity contribution in [2.24, 2.45) is 0 Å².